The van der Waals surface area contributed by atoms with Crippen molar-refractivity contribution in [2.75, 3.05) is 51.2 Å². The summed E-state index contributed by atoms with van der Waals surface area (Å²) in [5.74, 6) is -0.756. The van der Waals surface area contributed by atoms with E-state index in [1.54, 1.807) is 36.9 Å². The number of carbonyl (C=O) groups is 6. The number of ether oxygens (including phenoxy) is 1. The number of anilines is 1. The molecule has 2 aromatic heterocycles. The standard InChI is InChI=1S/C43H46Cl2N10O7/c44-31-2-1-3-32(45)36(31)41(59)50-26-16-27(17-26)54-23-49-37-38(47-22-48-39(37)54)46-19-24-8-12-52(13-9-24)20-25-10-14-53(15-11-25)35(57)21-62-28-4-5-29-30(18-28)43(61)55(42(29)60)33-6-7-34(56)51-40(33)58/h1-5,18,22-27,33H,6-17,19-21H2,(H,50,59)(H,46,47,48)(H,51,56,58). The summed E-state index contributed by atoms with van der Waals surface area (Å²) in [6.45, 7) is 4.90. The third-order valence-electron chi connectivity index (χ3n) is 12.9. The number of nitrogens with one attached hydrogen (secondary N) is 3. The van der Waals surface area contributed by atoms with Gasteiger partial charge in [0.2, 0.25) is 11.8 Å². The molecular formula is C43H46Cl2N10O7. The van der Waals surface area contributed by atoms with E-state index >= 15 is 0 Å². The molecule has 324 valence electrons. The lowest BCUT2D eigenvalue weighted by Crippen LogP contribution is -2.54. The fourth-order valence-corrected chi connectivity index (χ4v) is 9.84. The van der Waals surface area contributed by atoms with Crippen molar-refractivity contribution < 1.29 is 33.5 Å². The highest BCUT2D eigenvalue weighted by Gasteiger charge is 2.45. The molecule has 19 heteroatoms. The van der Waals surface area contributed by atoms with Crippen LogP contribution in [0.4, 0.5) is 5.82 Å². The fraction of sp³-hybridized carbons (Fsp3) is 0.465. The molecule has 1 saturated carbocycles. The molecule has 2 aromatic carbocycles. The van der Waals surface area contributed by atoms with Crippen molar-refractivity contribution in [2.45, 2.75) is 69.5 Å². The topological polar surface area (TPSA) is 201 Å². The Morgan fingerprint density at radius 2 is 1.58 bits per heavy atom. The van der Waals surface area contributed by atoms with E-state index < -0.39 is 29.7 Å². The largest absolute Gasteiger partial charge is 0.484 e. The summed E-state index contributed by atoms with van der Waals surface area (Å²) in [7, 11) is 0. The van der Waals surface area contributed by atoms with Crippen LogP contribution in [0.3, 0.4) is 0 Å². The van der Waals surface area contributed by atoms with Gasteiger partial charge in [-0.05, 0) is 100 Å². The average Bonchev–Trinajstić information content (AvgIpc) is 3.78. The van der Waals surface area contributed by atoms with E-state index in [2.05, 4.69) is 40.4 Å². The van der Waals surface area contributed by atoms with Crippen LogP contribution in [0.2, 0.25) is 10.0 Å². The number of carbonyl (C=O) groups excluding carboxylic acids is 6. The van der Waals surface area contributed by atoms with E-state index in [-0.39, 0.29) is 60.2 Å². The van der Waals surface area contributed by atoms with Gasteiger partial charge in [-0.3, -0.25) is 39.0 Å². The van der Waals surface area contributed by atoms with Crippen molar-refractivity contribution >= 4 is 75.6 Å². The fourth-order valence-electron chi connectivity index (χ4n) is 9.27. The molecule has 3 saturated heterocycles. The van der Waals surface area contributed by atoms with E-state index in [0.717, 1.165) is 86.6 Å². The first kappa shape index (κ1) is 41.7. The van der Waals surface area contributed by atoms with Gasteiger partial charge in [0.1, 0.15) is 23.6 Å². The number of nitrogens with zero attached hydrogens (tertiary/aromatic N) is 7. The first-order valence-corrected chi connectivity index (χ1v) is 21.9. The highest BCUT2D eigenvalue weighted by Crippen LogP contribution is 2.36. The van der Waals surface area contributed by atoms with E-state index in [9.17, 15) is 28.8 Å². The van der Waals surface area contributed by atoms with Crippen LogP contribution in [0, 0.1) is 11.8 Å². The lowest BCUT2D eigenvalue weighted by atomic mass is 9.86. The number of aromatic nitrogens is 4. The summed E-state index contributed by atoms with van der Waals surface area (Å²) in [5, 5.41) is 9.42. The minimum absolute atomic E-state index is 0.00926. The second-order valence-corrected chi connectivity index (χ2v) is 17.6. The minimum Gasteiger partial charge on any atom is -0.484 e. The molecular weight excluding hydrogens is 839 g/mol. The molecule has 0 bridgehead atoms. The maximum absolute atomic E-state index is 13.2. The van der Waals surface area contributed by atoms with Crippen molar-refractivity contribution in [2.24, 2.45) is 11.8 Å². The number of imide groups is 2. The number of hydrogen-bond acceptors (Lipinski definition) is 12. The van der Waals surface area contributed by atoms with Crippen LogP contribution in [0.15, 0.2) is 49.1 Å². The zero-order valence-electron chi connectivity index (χ0n) is 33.9. The Labute approximate surface area is 366 Å². The highest BCUT2D eigenvalue weighted by atomic mass is 35.5. The van der Waals surface area contributed by atoms with Gasteiger partial charge in [-0.2, -0.15) is 0 Å². The van der Waals surface area contributed by atoms with Gasteiger partial charge in [-0.1, -0.05) is 29.3 Å². The van der Waals surface area contributed by atoms with Crippen molar-refractivity contribution in [1.82, 2.24) is 44.9 Å². The summed E-state index contributed by atoms with van der Waals surface area (Å²) in [6.07, 6.45) is 8.90. The molecule has 62 heavy (non-hydrogen) atoms. The molecule has 5 aliphatic rings. The van der Waals surface area contributed by atoms with Gasteiger partial charge in [0.05, 0.1) is 33.1 Å². The molecule has 17 nitrogen and oxygen atoms in total. The first-order chi connectivity index (χ1) is 30.0. The molecule has 4 fully saturated rings. The Bertz CT molecular complexity index is 2420. The van der Waals surface area contributed by atoms with Gasteiger partial charge in [0.15, 0.2) is 18.1 Å². The molecule has 0 radical (unpaired) electrons. The van der Waals surface area contributed by atoms with Gasteiger partial charge in [0, 0.05) is 44.7 Å². The van der Waals surface area contributed by atoms with Crippen LogP contribution < -0.4 is 20.7 Å². The van der Waals surface area contributed by atoms with Crippen molar-refractivity contribution in [3.8, 4) is 5.75 Å². The van der Waals surface area contributed by atoms with Gasteiger partial charge in [0.25, 0.3) is 23.6 Å². The number of likely N-dealkylation sites (tertiary alicyclic amines) is 2. The van der Waals surface area contributed by atoms with Crippen LogP contribution in [0.1, 0.15) is 88.5 Å². The van der Waals surface area contributed by atoms with Crippen LogP contribution in [0.25, 0.3) is 11.2 Å². The van der Waals surface area contributed by atoms with Crippen molar-refractivity contribution in [1.29, 1.82) is 0 Å². The molecule has 1 atom stereocenters. The predicted molar refractivity (Wildman–Crippen MR) is 227 cm³/mol. The maximum Gasteiger partial charge on any atom is 0.262 e. The number of rotatable bonds is 12. The molecule has 3 N–H and O–H groups in total. The number of hydrogen-bond donors (Lipinski definition) is 3. The van der Waals surface area contributed by atoms with Gasteiger partial charge < -0.3 is 29.7 Å². The number of fused-ring (bicyclic) bond motifs is 2. The Hall–Kier alpha value is -5.65. The number of imidazole rings is 1. The molecule has 9 rings (SSSR count). The summed E-state index contributed by atoms with van der Waals surface area (Å²) in [4.78, 5) is 95.0. The first-order valence-electron chi connectivity index (χ1n) is 21.2. The molecule has 4 aromatic rings. The predicted octanol–water partition coefficient (Wildman–Crippen LogP) is 4.11. The summed E-state index contributed by atoms with van der Waals surface area (Å²) in [6, 6.07) is 8.55. The monoisotopic (exact) mass is 884 g/mol. The summed E-state index contributed by atoms with van der Waals surface area (Å²) in [5.41, 5.74) is 2.04. The number of benzene rings is 2. The maximum atomic E-state index is 13.2. The molecule has 0 spiro atoms. The Kier molecular flexibility index (Phi) is 11.8. The third-order valence-corrected chi connectivity index (χ3v) is 13.5. The van der Waals surface area contributed by atoms with Gasteiger partial charge >= 0.3 is 0 Å². The molecule has 1 aliphatic carbocycles. The Morgan fingerprint density at radius 1 is 0.855 bits per heavy atom. The third kappa shape index (κ3) is 8.44. The van der Waals surface area contributed by atoms with E-state index in [1.165, 1.54) is 12.1 Å². The Balaban J connectivity index is 0.683. The smallest absolute Gasteiger partial charge is 0.262 e. The molecule has 6 amide bonds. The number of amides is 6. The molecule has 1 unspecified atom stereocenters. The van der Waals surface area contributed by atoms with E-state index in [0.29, 0.717) is 40.5 Å². The van der Waals surface area contributed by atoms with E-state index in [1.807, 2.05) is 4.90 Å². The zero-order valence-corrected chi connectivity index (χ0v) is 35.4. The van der Waals surface area contributed by atoms with Gasteiger partial charge in [-0.25, -0.2) is 15.0 Å². The molecule has 4 aliphatic heterocycles. The van der Waals surface area contributed by atoms with Crippen molar-refractivity contribution in [3.05, 3.63) is 75.8 Å². The summed E-state index contributed by atoms with van der Waals surface area (Å²) < 4.78 is 7.84. The SMILES string of the molecule is O=C1CCC(N2C(=O)c3ccc(OCC(=O)N4CCC(CN5CCC(CNc6ncnc7c6ncn7C6CC(NC(=O)c7c(Cl)cccc7Cl)C6)CC5)CC4)cc3C2=O)C(=O)N1. The zero-order chi connectivity index (χ0) is 43.1. The normalized spacial score (nSPS) is 22.4. The number of halogens is 2. The van der Waals surface area contributed by atoms with Crippen LogP contribution in [-0.4, -0.2) is 128 Å². The van der Waals surface area contributed by atoms with Gasteiger partial charge in [-0.15, -0.1) is 0 Å². The van der Waals surface area contributed by atoms with E-state index in [4.69, 9.17) is 27.9 Å². The summed E-state index contributed by atoms with van der Waals surface area (Å²) >= 11 is 12.5. The number of piperidine rings is 3. The lowest BCUT2D eigenvalue weighted by Gasteiger charge is -2.37. The second-order valence-electron chi connectivity index (χ2n) is 16.8. The van der Waals surface area contributed by atoms with Crippen LogP contribution in [0.5, 0.6) is 5.75 Å². The lowest BCUT2D eigenvalue weighted by molar-refractivity contribution is -0.136. The minimum atomic E-state index is -1.05. The second kappa shape index (κ2) is 17.6. The highest BCUT2D eigenvalue weighted by molar-refractivity contribution is 6.39. The Morgan fingerprint density at radius 3 is 2.32 bits per heavy atom. The quantitative estimate of drug-likeness (QED) is 0.172. The molecule has 6 heterocycles. The van der Waals surface area contributed by atoms with Crippen LogP contribution in [-0.2, 0) is 14.4 Å². The van der Waals surface area contributed by atoms with Crippen LogP contribution >= 0.6 is 23.2 Å². The van der Waals surface area contributed by atoms with Crippen molar-refractivity contribution in [3.63, 3.8) is 0 Å². The average molecular weight is 886 g/mol.